The molecule has 2 N–H and O–H groups in total. The molecule has 0 spiro atoms. The van der Waals surface area contributed by atoms with Crippen LogP contribution in [-0.4, -0.2) is 28.5 Å². The topological polar surface area (TPSA) is 81.3 Å². The molecule has 2 aromatic rings. The van der Waals surface area contributed by atoms with Crippen LogP contribution in [-0.2, 0) is 11.3 Å². The van der Waals surface area contributed by atoms with Gasteiger partial charge in [-0.1, -0.05) is 0 Å². The molecule has 112 valence electrons. The Morgan fingerprint density at radius 2 is 2.10 bits per heavy atom. The van der Waals surface area contributed by atoms with E-state index in [0.29, 0.717) is 18.7 Å². The van der Waals surface area contributed by atoms with Crippen LogP contribution in [0.1, 0.15) is 29.8 Å². The molecule has 7 heteroatoms. The van der Waals surface area contributed by atoms with Crippen LogP contribution in [0.25, 0.3) is 0 Å². The SMILES string of the molecule is CCOC(=O)c1c(N)nsc1N(CC)Cc1ccncc1. The van der Waals surface area contributed by atoms with Gasteiger partial charge in [-0.3, -0.25) is 4.98 Å². The minimum absolute atomic E-state index is 0.224. The number of hydrogen-bond donors (Lipinski definition) is 1. The lowest BCUT2D eigenvalue weighted by Gasteiger charge is -2.22. The molecule has 0 fully saturated rings. The lowest BCUT2D eigenvalue weighted by atomic mass is 10.2. The summed E-state index contributed by atoms with van der Waals surface area (Å²) >= 11 is 1.22. The van der Waals surface area contributed by atoms with Gasteiger partial charge < -0.3 is 15.4 Å². The summed E-state index contributed by atoms with van der Waals surface area (Å²) in [6, 6.07) is 3.88. The van der Waals surface area contributed by atoms with Gasteiger partial charge in [-0.2, -0.15) is 4.37 Å². The van der Waals surface area contributed by atoms with Gasteiger partial charge in [-0.25, -0.2) is 4.79 Å². The van der Waals surface area contributed by atoms with Crippen LogP contribution in [0.3, 0.4) is 0 Å². The Morgan fingerprint density at radius 1 is 1.38 bits per heavy atom. The first kappa shape index (κ1) is 15.2. The van der Waals surface area contributed by atoms with Crippen LogP contribution in [0.2, 0.25) is 0 Å². The van der Waals surface area contributed by atoms with Gasteiger partial charge >= 0.3 is 5.97 Å². The number of hydrogen-bond acceptors (Lipinski definition) is 7. The minimum Gasteiger partial charge on any atom is -0.462 e. The third-order valence-corrected chi connectivity index (χ3v) is 3.89. The zero-order valence-electron chi connectivity index (χ0n) is 12.1. The Morgan fingerprint density at radius 3 is 2.71 bits per heavy atom. The first-order chi connectivity index (χ1) is 10.2. The molecule has 0 saturated carbocycles. The van der Waals surface area contributed by atoms with Crippen molar-refractivity contribution in [1.29, 1.82) is 0 Å². The van der Waals surface area contributed by atoms with Crippen molar-refractivity contribution in [2.75, 3.05) is 23.8 Å². The van der Waals surface area contributed by atoms with Gasteiger partial charge in [-0.05, 0) is 43.1 Å². The first-order valence-corrected chi connectivity index (χ1v) is 7.50. The number of carbonyl (C=O) groups excluding carboxylic acids is 1. The first-order valence-electron chi connectivity index (χ1n) is 6.73. The van der Waals surface area contributed by atoms with Crippen molar-refractivity contribution >= 4 is 28.3 Å². The maximum atomic E-state index is 12.0. The van der Waals surface area contributed by atoms with E-state index in [-0.39, 0.29) is 5.82 Å². The summed E-state index contributed by atoms with van der Waals surface area (Å²) in [5, 5.41) is 0.741. The Labute approximate surface area is 127 Å². The van der Waals surface area contributed by atoms with Crippen molar-refractivity contribution in [2.45, 2.75) is 20.4 Å². The summed E-state index contributed by atoms with van der Waals surface area (Å²) in [6.07, 6.45) is 3.49. The third-order valence-electron chi connectivity index (χ3n) is 2.97. The number of carbonyl (C=O) groups is 1. The van der Waals surface area contributed by atoms with E-state index < -0.39 is 5.97 Å². The summed E-state index contributed by atoms with van der Waals surface area (Å²) in [6.45, 7) is 5.49. The lowest BCUT2D eigenvalue weighted by Crippen LogP contribution is -2.23. The molecule has 0 aliphatic carbocycles. The second-order valence-electron chi connectivity index (χ2n) is 4.34. The zero-order chi connectivity index (χ0) is 15.2. The molecule has 0 aliphatic rings. The molecule has 0 atom stereocenters. The van der Waals surface area contributed by atoms with Gasteiger partial charge in [0.2, 0.25) is 0 Å². The molecule has 0 aromatic carbocycles. The fraction of sp³-hybridized carbons (Fsp3) is 0.357. The largest absolute Gasteiger partial charge is 0.462 e. The predicted octanol–water partition coefficient (Wildman–Crippen LogP) is 2.32. The predicted molar refractivity (Wildman–Crippen MR) is 83.4 cm³/mol. The molecule has 6 nitrogen and oxygen atoms in total. The highest BCUT2D eigenvalue weighted by Gasteiger charge is 2.24. The molecule has 0 amide bonds. The Bertz CT molecular complexity index is 600. The standard InChI is InChI=1S/C14H18N4O2S/c1-3-18(9-10-5-7-16-8-6-10)13-11(12(15)17-21-13)14(19)20-4-2/h5-8H,3-4,9H2,1-2H3,(H2,15,17). The van der Waals surface area contributed by atoms with E-state index in [1.165, 1.54) is 11.5 Å². The van der Waals surface area contributed by atoms with Crippen molar-refractivity contribution in [3.63, 3.8) is 0 Å². The van der Waals surface area contributed by atoms with Gasteiger partial charge in [0, 0.05) is 25.5 Å². The summed E-state index contributed by atoms with van der Waals surface area (Å²) in [4.78, 5) is 18.1. The van der Waals surface area contributed by atoms with Crippen molar-refractivity contribution < 1.29 is 9.53 Å². The van der Waals surface area contributed by atoms with E-state index in [9.17, 15) is 4.79 Å². The van der Waals surface area contributed by atoms with Gasteiger partial charge in [0.25, 0.3) is 0 Å². The number of nitrogen functional groups attached to an aromatic ring is 1. The average molecular weight is 306 g/mol. The number of anilines is 2. The number of rotatable bonds is 6. The molecule has 2 rings (SSSR count). The Kier molecular flexibility index (Phi) is 5.10. The number of pyridine rings is 1. The molecule has 0 radical (unpaired) electrons. The van der Waals surface area contributed by atoms with Crippen LogP contribution < -0.4 is 10.6 Å². The maximum Gasteiger partial charge on any atom is 0.345 e. The zero-order valence-corrected chi connectivity index (χ0v) is 12.9. The number of ether oxygens (including phenoxy) is 1. The quantitative estimate of drug-likeness (QED) is 0.825. The Hall–Kier alpha value is -2.15. The normalized spacial score (nSPS) is 10.4. The highest BCUT2D eigenvalue weighted by Crippen LogP contribution is 2.32. The molecule has 2 aromatic heterocycles. The fourth-order valence-corrected chi connectivity index (χ4v) is 2.80. The molecular formula is C14H18N4O2S. The summed E-state index contributed by atoms with van der Waals surface area (Å²) in [7, 11) is 0. The smallest absolute Gasteiger partial charge is 0.345 e. The van der Waals surface area contributed by atoms with E-state index in [0.717, 1.165) is 17.1 Å². The van der Waals surface area contributed by atoms with Gasteiger partial charge in [0.05, 0.1) is 6.61 Å². The van der Waals surface area contributed by atoms with Crippen molar-refractivity contribution in [3.05, 3.63) is 35.7 Å². The number of esters is 1. The van der Waals surface area contributed by atoms with Crippen LogP contribution in [0.4, 0.5) is 10.8 Å². The third kappa shape index (κ3) is 3.49. The number of aromatic nitrogens is 2. The van der Waals surface area contributed by atoms with E-state index >= 15 is 0 Å². The highest BCUT2D eigenvalue weighted by atomic mass is 32.1. The minimum atomic E-state index is -0.424. The molecule has 0 unspecified atom stereocenters. The maximum absolute atomic E-state index is 12.0. The molecule has 2 heterocycles. The second-order valence-corrected chi connectivity index (χ2v) is 5.09. The number of nitrogens with zero attached hydrogens (tertiary/aromatic N) is 3. The molecule has 21 heavy (non-hydrogen) atoms. The van der Waals surface area contributed by atoms with E-state index in [4.69, 9.17) is 10.5 Å². The number of nitrogens with two attached hydrogens (primary N) is 1. The Balaban J connectivity index is 2.28. The molecule has 0 saturated heterocycles. The summed E-state index contributed by atoms with van der Waals surface area (Å²) in [5.74, 6) is -0.200. The van der Waals surface area contributed by atoms with Crippen molar-refractivity contribution in [2.24, 2.45) is 0 Å². The second kappa shape index (κ2) is 7.03. The molecule has 0 aliphatic heterocycles. The van der Waals surface area contributed by atoms with Gasteiger partial charge in [-0.15, -0.1) is 0 Å². The van der Waals surface area contributed by atoms with Gasteiger partial charge in [0.15, 0.2) is 5.82 Å². The van der Waals surface area contributed by atoms with Crippen molar-refractivity contribution in [3.8, 4) is 0 Å². The average Bonchev–Trinajstić information content (AvgIpc) is 2.88. The fourth-order valence-electron chi connectivity index (χ4n) is 1.94. The van der Waals surface area contributed by atoms with Crippen LogP contribution >= 0.6 is 11.5 Å². The lowest BCUT2D eigenvalue weighted by molar-refractivity contribution is 0.0528. The van der Waals surface area contributed by atoms with Crippen molar-refractivity contribution in [1.82, 2.24) is 9.36 Å². The monoisotopic (exact) mass is 306 g/mol. The molecule has 0 bridgehead atoms. The van der Waals surface area contributed by atoms with Crippen LogP contribution in [0.5, 0.6) is 0 Å². The van der Waals surface area contributed by atoms with Gasteiger partial charge in [0.1, 0.15) is 10.6 Å². The summed E-state index contributed by atoms with van der Waals surface area (Å²) < 4.78 is 9.16. The highest BCUT2D eigenvalue weighted by molar-refractivity contribution is 7.11. The van der Waals surface area contributed by atoms with E-state index in [1.54, 1.807) is 19.3 Å². The van der Waals surface area contributed by atoms with E-state index in [1.807, 2.05) is 19.1 Å². The van der Waals surface area contributed by atoms with Crippen LogP contribution in [0, 0.1) is 0 Å². The van der Waals surface area contributed by atoms with Crippen LogP contribution in [0.15, 0.2) is 24.5 Å². The van der Waals surface area contributed by atoms with E-state index in [2.05, 4.69) is 14.3 Å². The molecular weight excluding hydrogens is 288 g/mol. The summed E-state index contributed by atoms with van der Waals surface area (Å²) in [5.41, 5.74) is 7.28.